The summed E-state index contributed by atoms with van der Waals surface area (Å²) in [5, 5.41) is 2.83. The first-order valence-electron chi connectivity index (χ1n) is 8.39. The molecule has 136 valence electrons. The van der Waals surface area contributed by atoms with Crippen LogP contribution in [-0.4, -0.2) is 28.9 Å². The van der Waals surface area contributed by atoms with Gasteiger partial charge >= 0.3 is 6.03 Å². The van der Waals surface area contributed by atoms with Crippen LogP contribution in [0.5, 0.6) is 11.6 Å². The molecule has 3 rings (SSSR count). The minimum Gasteiger partial charge on any atom is -0.438 e. The summed E-state index contributed by atoms with van der Waals surface area (Å²) in [5.41, 5.74) is 1.84. The highest BCUT2D eigenvalue weighted by Crippen LogP contribution is 2.37. The van der Waals surface area contributed by atoms with Gasteiger partial charge in [0.05, 0.1) is 12.0 Å². The zero-order valence-electron chi connectivity index (χ0n) is 14.8. The Morgan fingerprint density at radius 3 is 2.73 bits per heavy atom. The van der Waals surface area contributed by atoms with E-state index in [4.69, 9.17) is 16.3 Å². The molecule has 1 N–H and O–H groups in total. The van der Waals surface area contributed by atoms with Crippen molar-refractivity contribution in [3.8, 4) is 11.6 Å². The molecule has 2 atom stereocenters. The Labute approximate surface area is 157 Å². The Kier molecular flexibility index (Phi) is 5.13. The summed E-state index contributed by atoms with van der Waals surface area (Å²) in [7, 11) is 1.70. The summed E-state index contributed by atoms with van der Waals surface area (Å²) < 4.78 is 5.75. The first-order valence-corrected chi connectivity index (χ1v) is 8.76. The van der Waals surface area contributed by atoms with Crippen LogP contribution >= 0.6 is 11.6 Å². The fourth-order valence-electron chi connectivity index (χ4n) is 3.26. The average Bonchev–Trinajstić information content (AvgIpc) is 2.60. The van der Waals surface area contributed by atoms with E-state index < -0.39 is 0 Å². The number of hydrogen-bond acceptors (Lipinski definition) is 4. The molecule has 2 unspecified atom stereocenters. The van der Waals surface area contributed by atoms with Crippen molar-refractivity contribution in [2.24, 2.45) is 5.92 Å². The minimum absolute atomic E-state index is 0.236. The molecule has 26 heavy (non-hydrogen) atoms. The number of aromatic nitrogens is 1. The molecule has 7 heteroatoms. The predicted molar refractivity (Wildman–Crippen MR) is 98.3 cm³/mol. The van der Waals surface area contributed by atoms with E-state index in [1.165, 1.54) is 0 Å². The molecular weight excluding hydrogens is 354 g/mol. The van der Waals surface area contributed by atoms with Gasteiger partial charge in [-0.2, -0.15) is 0 Å². The highest BCUT2D eigenvalue weighted by molar-refractivity contribution is 6.31. The van der Waals surface area contributed by atoms with Gasteiger partial charge in [0.2, 0.25) is 11.8 Å². The van der Waals surface area contributed by atoms with E-state index in [0.29, 0.717) is 23.1 Å². The molecule has 1 aromatic heterocycles. The van der Waals surface area contributed by atoms with E-state index in [9.17, 15) is 9.59 Å². The first kappa shape index (κ1) is 18.2. The van der Waals surface area contributed by atoms with Gasteiger partial charge in [0.15, 0.2) is 0 Å². The van der Waals surface area contributed by atoms with E-state index in [0.717, 1.165) is 11.1 Å². The zero-order chi connectivity index (χ0) is 18.8. The topological polar surface area (TPSA) is 71.5 Å². The SMILES string of the molecule is CCC1C(=O)NC(=O)N(C)C1c1ccc(Oc2ncccc2Cl)cc1C. The number of rotatable bonds is 4. The van der Waals surface area contributed by atoms with Crippen LogP contribution in [0.1, 0.15) is 30.5 Å². The van der Waals surface area contributed by atoms with Crippen LogP contribution in [-0.2, 0) is 4.79 Å². The molecule has 0 saturated carbocycles. The molecule has 1 saturated heterocycles. The van der Waals surface area contributed by atoms with Crippen LogP contribution in [0.25, 0.3) is 0 Å². The third-order valence-corrected chi connectivity index (χ3v) is 4.91. The Balaban J connectivity index is 1.92. The number of aryl methyl sites for hydroxylation is 1. The molecule has 0 spiro atoms. The van der Waals surface area contributed by atoms with Crippen LogP contribution in [0.3, 0.4) is 0 Å². The van der Waals surface area contributed by atoms with Crippen molar-refractivity contribution in [2.75, 3.05) is 7.05 Å². The lowest BCUT2D eigenvalue weighted by Gasteiger charge is -2.38. The molecule has 2 aromatic rings. The molecule has 0 aliphatic carbocycles. The smallest absolute Gasteiger partial charge is 0.324 e. The number of hydrogen-bond donors (Lipinski definition) is 1. The maximum atomic E-state index is 12.2. The lowest BCUT2D eigenvalue weighted by Crippen LogP contribution is -2.54. The van der Waals surface area contributed by atoms with Gasteiger partial charge in [-0.05, 0) is 48.7 Å². The average molecular weight is 374 g/mol. The van der Waals surface area contributed by atoms with Gasteiger partial charge in [-0.3, -0.25) is 10.1 Å². The highest BCUT2D eigenvalue weighted by Gasteiger charge is 2.39. The Bertz CT molecular complexity index is 856. The Morgan fingerprint density at radius 2 is 2.08 bits per heavy atom. The minimum atomic E-state index is -0.385. The van der Waals surface area contributed by atoms with Crippen LogP contribution in [0.2, 0.25) is 5.02 Å². The maximum Gasteiger partial charge on any atom is 0.324 e. The number of nitrogens with one attached hydrogen (secondary N) is 1. The number of pyridine rings is 1. The maximum absolute atomic E-state index is 12.2. The van der Waals surface area contributed by atoms with Crippen LogP contribution in [0.4, 0.5) is 4.79 Å². The van der Waals surface area contributed by atoms with Crippen molar-refractivity contribution in [2.45, 2.75) is 26.3 Å². The van der Waals surface area contributed by atoms with Gasteiger partial charge in [-0.25, -0.2) is 9.78 Å². The molecule has 0 bridgehead atoms. The molecule has 1 fully saturated rings. The lowest BCUT2D eigenvalue weighted by atomic mass is 9.85. The van der Waals surface area contributed by atoms with E-state index in [2.05, 4.69) is 10.3 Å². The van der Waals surface area contributed by atoms with Crippen molar-refractivity contribution < 1.29 is 14.3 Å². The number of benzene rings is 1. The largest absolute Gasteiger partial charge is 0.438 e. The second-order valence-corrected chi connectivity index (χ2v) is 6.68. The first-order chi connectivity index (χ1) is 12.4. The fourth-order valence-corrected chi connectivity index (χ4v) is 3.42. The van der Waals surface area contributed by atoms with Crippen LogP contribution in [0.15, 0.2) is 36.5 Å². The van der Waals surface area contributed by atoms with Crippen molar-refractivity contribution in [1.82, 2.24) is 15.2 Å². The van der Waals surface area contributed by atoms with Crippen LogP contribution < -0.4 is 10.1 Å². The van der Waals surface area contributed by atoms with E-state index in [1.807, 2.05) is 26.0 Å². The predicted octanol–water partition coefficient (Wildman–Crippen LogP) is 4.08. The number of carbonyl (C=O) groups is 2. The van der Waals surface area contributed by atoms with Gasteiger partial charge in [0.1, 0.15) is 10.8 Å². The highest BCUT2D eigenvalue weighted by atomic mass is 35.5. The second-order valence-electron chi connectivity index (χ2n) is 6.28. The quantitative estimate of drug-likeness (QED) is 0.876. The second kappa shape index (κ2) is 7.33. The summed E-state index contributed by atoms with van der Waals surface area (Å²) in [6, 6.07) is 8.28. The standard InChI is InChI=1S/C19H20ClN3O3/c1-4-13-16(23(3)19(25)22-17(13)24)14-8-7-12(10-11(14)2)26-18-15(20)6-5-9-21-18/h5-10,13,16H,4H2,1-3H3,(H,22,24,25). The van der Waals surface area contributed by atoms with Gasteiger partial charge in [0.25, 0.3) is 0 Å². The third kappa shape index (κ3) is 3.37. The molecule has 1 aromatic carbocycles. The number of urea groups is 1. The summed E-state index contributed by atoms with van der Waals surface area (Å²) in [5.74, 6) is 0.389. The van der Waals surface area contributed by atoms with Crippen LogP contribution in [0, 0.1) is 12.8 Å². The molecule has 2 heterocycles. The third-order valence-electron chi connectivity index (χ3n) is 4.62. The normalized spacial score (nSPS) is 20.1. The fraction of sp³-hybridized carbons (Fsp3) is 0.316. The van der Waals surface area contributed by atoms with E-state index in [-0.39, 0.29) is 23.9 Å². The van der Waals surface area contributed by atoms with E-state index >= 15 is 0 Å². The summed E-state index contributed by atoms with van der Waals surface area (Å²) >= 11 is 6.08. The monoisotopic (exact) mass is 373 g/mol. The van der Waals surface area contributed by atoms with Gasteiger partial charge in [-0.1, -0.05) is 24.6 Å². The summed E-state index contributed by atoms with van der Waals surface area (Å²) in [6.07, 6.45) is 2.24. The molecule has 1 aliphatic heterocycles. The van der Waals surface area contributed by atoms with Crippen molar-refractivity contribution in [3.63, 3.8) is 0 Å². The van der Waals surface area contributed by atoms with E-state index in [1.54, 1.807) is 36.3 Å². The van der Waals surface area contributed by atoms with Gasteiger partial charge in [0, 0.05) is 13.2 Å². The molecule has 6 nitrogen and oxygen atoms in total. The molecular formula is C19H20ClN3O3. The number of amides is 3. The number of carbonyl (C=O) groups excluding carboxylic acids is 2. The Hall–Kier alpha value is -2.60. The molecule has 0 radical (unpaired) electrons. The summed E-state index contributed by atoms with van der Waals surface area (Å²) in [6.45, 7) is 3.87. The number of nitrogens with zero attached hydrogens (tertiary/aromatic N) is 2. The molecule has 3 amide bonds. The zero-order valence-corrected chi connectivity index (χ0v) is 15.6. The molecule has 1 aliphatic rings. The lowest BCUT2D eigenvalue weighted by molar-refractivity contribution is -0.128. The van der Waals surface area contributed by atoms with Gasteiger partial charge < -0.3 is 9.64 Å². The number of halogens is 1. The van der Waals surface area contributed by atoms with Crippen molar-refractivity contribution in [3.05, 3.63) is 52.7 Å². The Morgan fingerprint density at radius 1 is 1.31 bits per heavy atom. The number of imide groups is 1. The van der Waals surface area contributed by atoms with Gasteiger partial charge in [-0.15, -0.1) is 0 Å². The van der Waals surface area contributed by atoms with Crippen molar-refractivity contribution in [1.29, 1.82) is 0 Å². The van der Waals surface area contributed by atoms with Crippen molar-refractivity contribution >= 4 is 23.5 Å². The number of ether oxygens (including phenoxy) is 1. The summed E-state index contributed by atoms with van der Waals surface area (Å²) in [4.78, 5) is 30.0.